The number of likely N-dealkylation sites (N-methyl/N-ethyl adjacent to an activating group) is 1. The summed E-state index contributed by atoms with van der Waals surface area (Å²) in [6, 6.07) is 20.2. The second-order valence-electron chi connectivity index (χ2n) is 7.28. The van der Waals surface area contributed by atoms with Crippen LogP contribution < -0.4 is 4.74 Å². The van der Waals surface area contributed by atoms with E-state index in [1.54, 1.807) is 7.05 Å². The zero-order chi connectivity index (χ0) is 22.5. The van der Waals surface area contributed by atoms with Crippen molar-refractivity contribution in [3.8, 4) is 5.75 Å². The van der Waals surface area contributed by atoms with E-state index in [1.165, 1.54) is 17.0 Å². The Balaban J connectivity index is 1.33. The molecule has 0 saturated carbocycles. The first-order chi connectivity index (χ1) is 15.5. The molecule has 0 unspecified atom stereocenters. The number of nitrogens with zero attached hydrogens (tertiary/aromatic N) is 3. The normalized spacial score (nSPS) is 10.8. The Labute approximate surface area is 184 Å². The predicted molar refractivity (Wildman–Crippen MR) is 116 cm³/mol. The van der Waals surface area contributed by atoms with Crippen LogP contribution in [0.3, 0.4) is 0 Å². The van der Waals surface area contributed by atoms with Gasteiger partial charge in [0.15, 0.2) is 16.9 Å². The van der Waals surface area contributed by atoms with Gasteiger partial charge in [0, 0.05) is 7.05 Å². The summed E-state index contributed by atoms with van der Waals surface area (Å²) < 4.78 is 11.3. The van der Waals surface area contributed by atoms with Crippen LogP contribution in [0.25, 0.3) is 11.2 Å². The molecule has 0 aliphatic rings. The monoisotopic (exact) mass is 431 g/mol. The second-order valence-corrected chi connectivity index (χ2v) is 7.28. The van der Waals surface area contributed by atoms with Crippen molar-refractivity contribution in [2.24, 2.45) is 0 Å². The van der Waals surface area contributed by atoms with E-state index in [0.29, 0.717) is 12.2 Å². The zero-order valence-corrected chi connectivity index (χ0v) is 17.4. The van der Waals surface area contributed by atoms with Crippen LogP contribution in [-0.4, -0.2) is 38.9 Å². The van der Waals surface area contributed by atoms with Gasteiger partial charge in [-0.05, 0) is 35.4 Å². The summed E-state index contributed by atoms with van der Waals surface area (Å²) in [6.45, 7) is 0.630. The highest BCUT2D eigenvalue weighted by Crippen LogP contribution is 2.17. The van der Waals surface area contributed by atoms with Crippen molar-refractivity contribution in [3.05, 3.63) is 89.4 Å². The van der Waals surface area contributed by atoms with Crippen LogP contribution in [0, 0.1) is 0 Å². The lowest BCUT2D eigenvalue weighted by Gasteiger charge is -2.15. The number of amides is 1. The molecule has 2 aromatic carbocycles. The van der Waals surface area contributed by atoms with Crippen LogP contribution in [0.2, 0.25) is 0 Å². The number of rotatable bonds is 8. The number of carboxylic acids is 1. The molecule has 0 aliphatic carbocycles. The number of ether oxygens (including phenoxy) is 1. The fraction of sp³-hybridized carbons (Fsp3) is 0.167. The lowest BCUT2D eigenvalue weighted by molar-refractivity contribution is -0.130. The molecule has 2 heterocycles. The number of aromatic nitrogens is 2. The van der Waals surface area contributed by atoms with Crippen LogP contribution in [0.4, 0.5) is 0 Å². The Bertz CT molecular complexity index is 1240. The number of carbonyl (C=O) groups excluding carboxylic acids is 1. The predicted octanol–water partition coefficient (Wildman–Crippen LogP) is 3.70. The minimum absolute atomic E-state index is 0.107. The number of carbonyl (C=O) groups is 2. The van der Waals surface area contributed by atoms with Crippen LogP contribution >= 0.6 is 0 Å². The number of fused-ring (bicyclic) bond motifs is 1. The highest BCUT2D eigenvalue weighted by molar-refractivity contribution is 5.87. The zero-order valence-electron chi connectivity index (χ0n) is 17.4. The molecule has 4 aromatic rings. The van der Waals surface area contributed by atoms with Gasteiger partial charge in [-0.15, -0.1) is 0 Å². The maximum atomic E-state index is 12.6. The molecule has 8 heteroatoms. The number of oxazole rings is 1. The van der Waals surface area contributed by atoms with Gasteiger partial charge in [-0.1, -0.05) is 42.5 Å². The van der Waals surface area contributed by atoms with E-state index in [1.807, 2.05) is 54.6 Å². The summed E-state index contributed by atoms with van der Waals surface area (Å²) in [6.07, 6.45) is 0.219. The fourth-order valence-electron chi connectivity index (χ4n) is 3.10. The van der Waals surface area contributed by atoms with E-state index >= 15 is 0 Å². The van der Waals surface area contributed by atoms with Crippen molar-refractivity contribution >= 4 is 23.1 Å². The molecule has 0 fully saturated rings. The van der Waals surface area contributed by atoms with Gasteiger partial charge < -0.3 is 19.2 Å². The lowest BCUT2D eigenvalue weighted by Crippen LogP contribution is -2.27. The van der Waals surface area contributed by atoms with Gasteiger partial charge >= 0.3 is 5.97 Å². The first-order valence-electron chi connectivity index (χ1n) is 9.97. The van der Waals surface area contributed by atoms with Gasteiger partial charge in [-0.2, -0.15) is 4.98 Å². The third kappa shape index (κ3) is 5.10. The molecule has 2 aromatic heterocycles. The van der Waals surface area contributed by atoms with Gasteiger partial charge in [-0.25, -0.2) is 9.78 Å². The van der Waals surface area contributed by atoms with E-state index in [9.17, 15) is 9.59 Å². The summed E-state index contributed by atoms with van der Waals surface area (Å²) in [5.74, 6) is -0.224. The SMILES string of the molecule is CN(Cc1nc2nc(C(=O)O)ccc2o1)C(=O)Cc1ccc(OCc2ccccc2)cc1. The average molecular weight is 431 g/mol. The Kier molecular flexibility index (Phi) is 6.12. The van der Waals surface area contributed by atoms with Crippen molar-refractivity contribution < 1.29 is 23.8 Å². The summed E-state index contributed by atoms with van der Waals surface area (Å²) >= 11 is 0. The van der Waals surface area contributed by atoms with Gasteiger partial charge in [-0.3, -0.25) is 4.79 Å². The Morgan fingerprint density at radius 3 is 2.44 bits per heavy atom. The molecule has 0 bridgehead atoms. The second kappa shape index (κ2) is 9.30. The van der Waals surface area contributed by atoms with Crippen LogP contribution in [0.5, 0.6) is 5.75 Å². The highest BCUT2D eigenvalue weighted by Gasteiger charge is 2.16. The summed E-state index contributed by atoms with van der Waals surface area (Å²) in [5.41, 5.74) is 2.41. The topological polar surface area (TPSA) is 106 Å². The molecule has 162 valence electrons. The Morgan fingerprint density at radius 1 is 0.969 bits per heavy atom. The maximum Gasteiger partial charge on any atom is 0.354 e. The van der Waals surface area contributed by atoms with Crippen molar-refractivity contribution in [2.45, 2.75) is 19.6 Å². The number of hydrogen-bond acceptors (Lipinski definition) is 6. The molecule has 0 aliphatic heterocycles. The molecule has 1 N–H and O–H groups in total. The average Bonchev–Trinajstić information content (AvgIpc) is 3.20. The van der Waals surface area contributed by atoms with Crippen LogP contribution in [0.1, 0.15) is 27.5 Å². The van der Waals surface area contributed by atoms with Gasteiger partial charge in [0.1, 0.15) is 12.4 Å². The third-order valence-electron chi connectivity index (χ3n) is 4.84. The molecule has 4 rings (SSSR count). The maximum absolute atomic E-state index is 12.6. The van der Waals surface area contributed by atoms with E-state index in [4.69, 9.17) is 14.3 Å². The van der Waals surface area contributed by atoms with Gasteiger partial charge in [0.05, 0.1) is 13.0 Å². The number of hydrogen-bond donors (Lipinski definition) is 1. The largest absolute Gasteiger partial charge is 0.489 e. The molecule has 32 heavy (non-hydrogen) atoms. The molecule has 0 radical (unpaired) electrons. The number of aromatic carboxylic acids is 1. The third-order valence-corrected chi connectivity index (χ3v) is 4.84. The van der Waals surface area contributed by atoms with E-state index < -0.39 is 5.97 Å². The van der Waals surface area contributed by atoms with Crippen molar-refractivity contribution in [1.82, 2.24) is 14.9 Å². The molecule has 0 atom stereocenters. The standard InChI is InChI=1S/C24H21N3O5/c1-27(14-21-26-23-20(32-21)12-11-19(25-23)24(29)30)22(28)13-16-7-9-18(10-8-16)31-15-17-5-3-2-4-6-17/h2-12H,13-15H2,1H3,(H,29,30). The van der Waals surface area contributed by atoms with Crippen molar-refractivity contribution in [3.63, 3.8) is 0 Å². The first-order valence-corrected chi connectivity index (χ1v) is 9.97. The molecule has 8 nitrogen and oxygen atoms in total. The number of carboxylic acid groups (broad SMARTS) is 1. The smallest absolute Gasteiger partial charge is 0.354 e. The lowest BCUT2D eigenvalue weighted by atomic mass is 10.1. The van der Waals surface area contributed by atoms with E-state index in [-0.39, 0.29) is 36.1 Å². The number of benzene rings is 2. The van der Waals surface area contributed by atoms with Gasteiger partial charge in [0.2, 0.25) is 11.8 Å². The summed E-state index contributed by atoms with van der Waals surface area (Å²) in [4.78, 5) is 33.3. The molecular formula is C24H21N3O5. The summed E-state index contributed by atoms with van der Waals surface area (Å²) in [5, 5.41) is 9.03. The summed E-state index contributed by atoms with van der Waals surface area (Å²) in [7, 11) is 1.66. The minimum Gasteiger partial charge on any atom is -0.489 e. The minimum atomic E-state index is -1.14. The van der Waals surface area contributed by atoms with Crippen molar-refractivity contribution in [2.75, 3.05) is 7.05 Å². The van der Waals surface area contributed by atoms with E-state index in [0.717, 1.165) is 16.9 Å². The molecule has 1 amide bonds. The van der Waals surface area contributed by atoms with Crippen molar-refractivity contribution in [1.29, 1.82) is 0 Å². The molecule has 0 spiro atoms. The fourth-order valence-corrected chi connectivity index (χ4v) is 3.10. The van der Waals surface area contributed by atoms with Crippen LogP contribution in [-0.2, 0) is 24.4 Å². The Morgan fingerprint density at radius 2 is 1.72 bits per heavy atom. The molecule has 0 saturated heterocycles. The first kappa shape index (κ1) is 21.0. The van der Waals surface area contributed by atoms with Gasteiger partial charge in [0.25, 0.3) is 0 Å². The Hall–Kier alpha value is -4.20. The number of pyridine rings is 1. The highest BCUT2D eigenvalue weighted by atomic mass is 16.5. The van der Waals surface area contributed by atoms with E-state index in [2.05, 4.69) is 9.97 Å². The van der Waals surface area contributed by atoms with Crippen LogP contribution in [0.15, 0.2) is 71.1 Å². The molecular weight excluding hydrogens is 410 g/mol. The quantitative estimate of drug-likeness (QED) is 0.453.